The Bertz CT molecular complexity index is 202. The summed E-state index contributed by atoms with van der Waals surface area (Å²) >= 11 is 0. The van der Waals surface area contributed by atoms with Gasteiger partial charge >= 0.3 is 11.9 Å². The van der Waals surface area contributed by atoms with E-state index in [1.54, 1.807) is 27.7 Å². The highest BCUT2D eigenvalue weighted by Gasteiger charge is 2.23. The van der Waals surface area contributed by atoms with Crippen LogP contribution < -0.4 is 0 Å². The molecular weight excluding hydrogens is 172 g/mol. The fourth-order valence-electron chi connectivity index (χ4n) is 0.748. The van der Waals surface area contributed by atoms with E-state index >= 15 is 0 Å². The van der Waals surface area contributed by atoms with E-state index in [1.807, 2.05) is 0 Å². The number of carboxylic acid groups (broad SMARTS) is 1. The van der Waals surface area contributed by atoms with E-state index in [-0.39, 0.29) is 6.42 Å². The van der Waals surface area contributed by atoms with E-state index in [4.69, 9.17) is 9.84 Å². The van der Waals surface area contributed by atoms with Crippen LogP contribution in [0.3, 0.4) is 0 Å². The van der Waals surface area contributed by atoms with Crippen molar-refractivity contribution in [2.24, 2.45) is 5.92 Å². The van der Waals surface area contributed by atoms with Crippen molar-refractivity contribution in [1.29, 1.82) is 0 Å². The average Bonchev–Trinajstić information content (AvgIpc) is 1.81. The Balaban J connectivity index is 4.05. The summed E-state index contributed by atoms with van der Waals surface area (Å²) in [5.74, 6) is -2.04. The zero-order valence-corrected chi connectivity index (χ0v) is 8.46. The van der Waals surface area contributed by atoms with E-state index in [0.717, 1.165) is 0 Å². The number of rotatable bonds is 3. The van der Waals surface area contributed by atoms with Crippen molar-refractivity contribution in [1.82, 2.24) is 0 Å². The van der Waals surface area contributed by atoms with Gasteiger partial charge in [0.1, 0.15) is 5.60 Å². The number of hydrogen-bond acceptors (Lipinski definition) is 3. The molecule has 0 heterocycles. The molecule has 0 radical (unpaired) electrons. The second kappa shape index (κ2) is 4.25. The minimum atomic E-state index is -0.988. The Morgan fingerprint density at radius 3 is 2.15 bits per heavy atom. The molecule has 0 bridgehead atoms. The van der Waals surface area contributed by atoms with Crippen LogP contribution in [0.1, 0.15) is 34.1 Å². The molecular formula is C9H16O4. The van der Waals surface area contributed by atoms with E-state index in [0.29, 0.717) is 0 Å². The molecule has 1 atom stereocenters. The minimum Gasteiger partial charge on any atom is -0.481 e. The number of esters is 1. The number of hydrogen-bond donors (Lipinski definition) is 1. The van der Waals surface area contributed by atoms with E-state index in [1.165, 1.54) is 0 Å². The number of carbonyl (C=O) groups excluding carboxylic acids is 1. The first-order valence-electron chi connectivity index (χ1n) is 4.17. The number of carbonyl (C=O) groups is 2. The van der Waals surface area contributed by atoms with Crippen molar-refractivity contribution in [2.75, 3.05) is 0 Å². The number of ether oxygens (including phenoxy) is 1. The topological polar surface area (TPSA) is 63.6 Å². The van der Waals surface area contributed by atoms with Crippen LogP contribution in [0.15, 0.2) is 0 Å². The Morgan fingerprint density at radius 2 is 1.85 bits per heavy atom. The van der Waals surface area contributed by atoms with Crippen LogP contribution in [-0.2, 0) is 14.3 Å². The predicted molar refractivity (Wildman–Crippen MR) is 47.3 cm³/mol. The first kappa shape index (κ1) is 11.9. The van der Waals surface area contributed by atoms with Crippen LogP contribution in [0, 0.1) is 5.92 Å². The van der Waals surface area contributed by atoms with Gasteiger partial charge in [-0.3, -0.25) is 9.59 Å². The second-order valence-corrected chi connectivity index (χ2v) is 4.03. The molecule has 0 saturated heterocycles. The molecule has 13 heavy (non-hydrogen) atoms. The lowest BCUT2D eigenvalue weighted by Crippen LogP contribution is -2.28. The van der Waals surface area contributed by atoms with Crippen LogP contribution in [0.4, 0.5) is 0 Å². The zero-order chi connectivity index (χ0) is 10.6. The molecule has 0 aromatic carbocycles. The van der Waals surface area contributed by atoms with Gasteiger partial charge in [0.25, 0.3) is 0 Å². The lowest BCUT2D eigenvalue weighted by atomic mass is 10.1. The molecule has 76 valence electrons. The standard InChI is InChI=1S/C9H16O4/c1-6(5-7(10)11)8(12)13-9(2,3)4/h6H,5H2,1-4H3,(H,10,11)/t6-/m0/s1. The van der Waals surface area contributed by atoms with Crippen LogP contribution in [0.5, 0.6) is 0 Å². The Hall–Kier alpha value is -1.06. The maximum atomic E-state index is 11.2. The van der Waals surface area contributed by atoms with E-state index < -0.39 is 23.5 Å². The highest BCUT2D eigenvalue weighted by Crippen LogP contribution is 2.12. The van der Waals surface area contributed by atoms with Gasteiger partial charge in [0.2, 0.25) is 0 Å². The molecule has 1 N–H and O–H groups in total. The molecule has 0 aromatic heterocycles. The third kappa shape index (κ3) is 6.13. The first-order chi connectivity index (χ1) is 5.72. The number of aliphatic carboxylic acids is 1. The normalized spacial score (nSPS) is 13.5. The third-order valence-electron chi connectivity index (χ3n) is 1.29. The van der Waals surface area contributed by atoms with Gasteiger partial charge in [0, 0.05) is 0 Å². The van der Waals surface area contributed by atoms with E-state index in [2.05, 4.69) is 0 Å². The summed E-state index contributed by atoms with van der Waals surface area (Å²) in [6.45, 7) is 6.79. The largest absolute Gasteiger partial charge is 0.481 e. The highest BCUT2D eigenvalue weighted by atomic mass is 16.6. The summed E-state index contributed by atoms with van der Waals surface area (Å²) in [4.78, 5) is 21.5. The van der Waals surface area contributed by atoms with Gasteiger partial charge < -0.3 is 9.84 Å². The summed E-state index contributed by atoms with van der Waals surface area (Å²) in [7, 11) is 0. The molecule has 0 aromatic rings. The maximum Gasteiger partial charge on any atom is 0.309 e. The Kier molecular flexibility index (Phi) is 3.91. The zero-order valence-electron chi connectivity index (χ0n) is 8.46. The number of carboxylic acids is 1. The van der Waals surface area contributed by atoms with Crippen molar-refractivity contribution in [2.45, 2.75) is 39.7 Å². The molecule has 0 rings (SSSR count). The summed E-state index contributed by atoms with van der Waals surface area (Å²) in [5.41, 5.74) is -0.552. The first-order valence-corrected chi connectivity index (χ1v) is 4.17. The second-order valence-electron chi connectivity index (χ2n) is 4.03. The van der Waals surface area contributed by atoms with Crippen LogP contribution >= 0.6 is 0 Å². The molecule has 0 saturated carbocycles. The molecule has 0 unspecified atom stereocenters. The summed E-state index contributed by atoms with van der Waals surface area (Å²) in [6, 6.07) is 0. The van der Waals surface area contributed by atoms with Gasteiger partial charge in [0.05, 0.1) is 12.3 Å². The van der Waals surface area contributed by atoms with Crippen molar-refractivity contribution in [3.05, 3.63) is 0 Å². The van der Waals surface area contributed by atoms with Crippen molar-refractivity contribution < 1.29 is 19.4 Å². The summed E-state index contributed by atoms with van der Waals surface area (Å²) in [6.07, 6.45) is -0.186. The van der Waals surface area contributed by atoms with Crippen molar-refractivity contribution >= 4 is 11.9 Å². The monoisotopic (exact) mass is 188 g/mol. The van der Waals surface area contributed by atoms with Gasteiger partial charge in [-0.25, -0.2) is 0 Å². The lowest BCUT2D eigenvalue weighted by molar-refractivity contribution is -0.162. The van der Waals surface area contributed by atoms with Crippen molar-refractivity contribution in [3.63, 3.8) is 0 Å². The molecule has 0 fully saturated rings. The average molecular weight is 188 g/mol. The molecule has 0 amide bonds. The van der Waals surface area contributed by atoms with Gasteiger partial charge in [-0.2, -0.15) is 0 Å². The fourth-order valence-corrected chi connectivity index (χ4v) is 0.748. The van der Waals surface area contributed by atoms with Crippen LogP contribution in [-0.4, -0.2) is 22.6 Å². The van der Waals surface area contributed by atoms with Gasteiger partial charge in [-0.05, 0) is 20.8 Å². The SMILES string of the molecule is C[C@@H](CC(=O)O)C(=O)OC(C)(C)C. The van der Waals surface area contributed by atoms with Gasteiger partial charge in [0.15, 0.2) is 0 Å². The third-order valence-corrected chi connectivity index (χ3v) is 1.29. The van der Waals surface area contributed by atoms with Gasteiger partial charge in [-0.1, -0.05) is 6.92 Å². The predicted octanol–water partition coefficient (Wildman–Crippen LogP) is 1.44. The Morgan fingerprint density at radius 1 is 1.38 bits per heavy atom. The minimum absolute atomic E-state index is 0.186. The molecule has 0 aliphatic carbocycles. The molecule has 0 aliphatic rings. The molecule has 4 nitrogen and oxygen atoms in total. The smallest absolute Gasteiger partial charge is 0.309 e. The molecule has 4 heteroatoms. The quantitative estimate of drug-likeness (QED) is 0.680. The van der Waals surface area contributed by atoms with E-state index in [9.17, 15) is 9.59 Å². The van der Waals surface area contributed by atoms with Crippen molar-refractivity contribution in [3.8, 4) is 0 Å². The van der Waals surface area contributed by atoms with Gasteiger partial charge in [-0.15, -0.1) is 0 Å². The highest BCUT2D eigenvalue weighted by molar-refractivity contribution is 5.78. The molecule has 0 spiro atoms. The maximum absolute atomic E-state index is 11.2. The summed E-state index contributed by atoms with van der Waals surface area (Å²) < 4.78 is 5.00. The lowest BCUT2D eigenvalue weighted by Gasteiger charge is -2.21. The molecule has 0 aliphatic heterocycles. The fraction of sp³-hybridized carbons (Fsp3) is 0.778. The summed E-state index contributed by atoms with van der Waals surface area (Å²) in [5, 5.41) is 8.42. The van der Waals surface area contributed by atoms with Crippen LogP contribution in [0.2, 0.25) is 0 Å². The Labute approximate surface area is 77.9 Å². The van der Waals surface area contributed by atoms with Crippen LogP contribution in [0.25, 0.3) is 0 Å².